The van der Waals surface area contributed by atoms with Gasteiger partial charge in [-0.1, -0.05) is 41.9 Å². The van der Waals surface area contributed by atoms with Crippen molar-refractivity contribution in [3.63, 3.8) is 0 Å². The fourth-order valence-electron chi connectivity index (χ4n) is 3.66. The molecule has 0 radical (unpaired) electrons. The maximum atomic E-state index is 12.9. The molecule has 0 bridgehead atoms. The molecule has 0 fully saturated rings. The largest absolute Gasteiger partial charge is 0.322 e. The number of hydrogen-bond donors (Lipinski definition) is 2. The van der Waals surface area contributed by atoms with Gasteiger partial charge in [0.05, 0.1) is 21.8 Å². The second-order valence-corrected chi connectivity index (χ2v) is 8.07. The minimum Gasteiger partial charge on any atom is -0.322 e. The summed E-state index contributed by atoms with van der Waals surface area (Å²) in [6.07, 6.45) is 4.69. The van der Waals surface area contributed by atoms with Gasteiger partial charge in [0.25, 0.3) is 11.8 Å². The number of benzene rings is 3. The van der Waals surface area contributed by atoms with Crippen LogP contribution in [-0.4, -0.2) is 26.8 Å². The molecule has 0 saturated heterocycles. The van der Waals surface area contributed by atoms with Crippen LogP contribution in [0.15, 0.2) is 97.6 Å². The van der Waals surface area contributed by atoms with E-state index in [2.05, 4.69) is 25.6 Å². The molecule has 0 aliphatic carbocycles. The molecule has 0 saturated carbocycles. The number of fused-ring (bicyclic) bond motifs is 1. The first-order chi connectivity index (χ1) is 17.1. The first kappa shape index (κ1) is 22.2. The predicted octanol–water partition coefficient (Wildman–Crippen LogP) is 5.85. The normalized spacial score (nSPS) is 10.7. The Balaban J connectivity index is 1.35. The Bertz CT molecular complexity index is 1550. The van der Waals surface area contributed by atoms with E-state index in [-0.39, 0.29) is 22.4 Å². The van der Waals surface area contributed by atoms with E-state index < -0.39 is 0 Å². The smallest absolute Gasteiger partial charge is 0.257 e. The number of aromatic nitrogens is 3. The Hall–Kier alpha value is -4.62. The summed E-state index contributed by atoms with van der Waals surface area (Å²) in [6, 6.07) is 23.1. The molecular formula is C27H18ClN5O2. The van der Waals surface area contributed by atoms with Crippen molar-refractivity contribution in [1.29, 1.82) is 0 Å². The zero-order chi connectivity index (χ0) is 24.2. The number of hydrogen-bond acceptors (Lipinski definition) is 5. The number of carbonyl (C=O) groups is 2. The lowest BCUT2D eigenvalue weighted by Crippen LogP contribution is -2.15. The maximum absolute atomic E-state index is 12.9. The van der Waals surface area contributed by atoms with Gasteiger partial charge in [-0.15, -0.1) is 0 Å². The second-order valence-electron chi connectivity index (χ2n) is 7.66. The number of amides is 2. The van der Waals surface area contributed by atoms with Crippen LogP contribution in [0.1, 0.15) is 20.7 Å². The summed E-state index contributed by atoms with van der Waals surface area (Å²) >= 11 is 6.36. The summed E-state index contributed by atoms with van der Waals surface area (Å²) in [7, 11) is 0. The lowest BCUT2D eigenvalue weighted by molar-refractivity contribution is 0.101. The third-order valence-corrected chi connectivity index (χ3v) is 5.66. The van der Waals surface area contributed by atoms with Gasteiger partial charge in [0.1, 0.15) is 6.33 Å². The van der Waals surface area contributed by atoms with Crippen molar-refractivity contribution in [3.8, 4) is 11.3 Å². The molecule has 3 aromatic carbocycles. The summed E-state index contributed by atoms with van der Waals surface area (Å²) in [5.74, 6) is -0.726. The number of nitrogens with zero attached hydrogens (tertiary/aromatic N) is 3. The van der Waals surface area contributed by atoms with E-state index in [1.54, 1.807) is 36.7 Å². The Kier molecular flexibility index (Phi) is 6.15. The molecule has 7 nitrogen and oxygen atoms in total. The molecule has 0 spiro atoms. The third-order valence-electron chi connectivity index (χ3n) is 5.35. The summed E-state index contributed by atoms with van der Waals surface area (Å²) in [5.41, 5.74) is 4.24. The fourth-order valence-corrected chi connectivity index (χ4v) is 3.92. The van der Waals surface area contributed by atoms with Gasteiger partial charge in [-0.2, -0.15) is 0 Å². The van der Waals surface area contributed by atoms with Crippen molar-refractivity contribution in [2.24, 2.45) is 0 Å². The van der Waals surface area contributed by atoms with Crippen LogP contribution in [0.4, 0.5) is 11.4 Å². The summed E-state index contributed by atoms with van der Waals surface area (Å²) in [6.45, 7) is 0. The molecule has 5 aromatic rings. The molecular weight excluding hydrogens is 462 g/mol. The van der Waals surface area contributed by atoms with E-state index in [0.717, 1.165) is 22.2 Å². The van der Waals surface area contributed by atoms with Gasteiger partial charge >= 0.3 is 0 Å². The number of nitrogens with one attached hydrogen (secondary N) is 2. The Morgan fingerprint density at radius 3 is 2.37 bits per heavy atom. The van der Waals surface area contributed by atoms with Crippen molar-refractivity contribution in [2.45, 2.75) is 0 Å². The highest BCUT2D eigenvalue weighted by molar-refractivity contribution is 6.35. The highest BCUT2D eigenvalue weighted by Gasteiger charge is 2.15. The predicted molar refractivity (Wildman–Crippen MR) is 137 cm³/mol. The Morgan fingerprint density at radius 2 is 1.54 bits per heavy atom. The van der Waals surface area contributed by atoms with E-state index in [4.69, 9.17) is 11.6 Å². The van der Waals surface area contributed by atoms with Gasteiger partial charge in [-0.3, -0.25) is 14.6 Å². The van der Waals surface area contributed by atoms with Crippen LogP contribution in [0, 0.1) is 0 Å². The number of para-hydroxylation sites is 1. The highest BCUT2D eigenvalue weighted by atomic mass is 35.5. The summed E-state index contributed by atoms with van der Waals surface area (Å²) in [4.78, 5) is 38.1. The van der Waals surface area contributed by atoms with E-state index in [1.165, 1.54) is 18.5 Å². The molecule has 0 aliphatic rings. The van der Waals surface area contributed by atoms with Crippen LogP contribution >= 0.6 is 11.6 Å². The minimum atomic E-state index is -0.388. The highest BCUT2D eigenvalue weighted by Crippen LogP contribution is 2.28. The third kappa shape index (κ3) is 4.85. The zero-order valence-corrected chi connectivity index (χ0v) is 19.0. The van der Waals surface area contributed by atoms with Crippen molar-refractivity contribution < 1.29 is 9.59 Å². The number of carbonyl (C=O) groups excluding carboxylic acids is 2. The van der Waals surface area contributed by atoms with Crippen molar-refractivity contribution >= 4 is 45.7 Å². The molecule has 2 N–H and O–H groups in total. The molecule has 170 valence electrons. The van der Waals surface area contributed by atoms with E-state index in [0.29, 0.717) is 16.9 Å². The molecule has 0 atom stereocenters. The lowest BCUT2D eigenvalue weighted by atomic mass is 10.1. The van der Waals surface area contributed by atoms with E-state index in [9.17, 15) is 9.59 Å². The standard InChI is InChI=1S/C27H18ClN5O2/c28-23-15-18(26(34)32-19-10-12-29-13-11-19)8-9-21(23)27(35)33-20-5-3-4-17(14-20)25-22-6-1-2-7-24(22)30-16-31-25/h1-16H,(H,33,35)(H,29,32,34). The number of pyridine rings is 1. The van der Waals surface area contributed by atoms with Crippen molar-refractivity contribution in [1.82, 2.24) is 15.0 Å². The lowest BCUT2D eigenvalue weighted by Gasteiger charge is -2.11. The van der Waals surface area contributed by atoms with Crippen molar-refractivity contribution in [3.05, 3.63) is 114 Å². The van der Waals surface area contributed by atoms with Crippen molar-refractivity contribution in [2.75, 3.05) is 10.6 Å². The minimum absolute atomic E-state index is 0.169. The Labute approximate surface area is 205 Å². The van der Waals surface area contributed by atoms with Gasteiger partial charge < -0.3 is 10.6 Å². The first-order valence-electron chi connectivity index (χ1n) is 10.7. The SMILES string of the molecule is O=C(Nc1ccncc1)c1ccc(C(=O)Nc2cccc(-c3ncnc4ccccc34)c2)c(Cl)c1. The molecule has 2 heterocycles. The quantitative estimate of drug-likeness (QED) is 0.329. The molecule has 8 heteroatoms. The number of rotatable bonds is 5. The zero-order valence-electron chi connectivity index (χ0n) is 18.3. The molecule has 0 unspecified atom stereocenters. The van der Waals surface area contributed by atoms with Crippen LogP contribution in [0.2, 0.25) is 5.02 Å². The fraction of sp³-hybridized carbons (Fsp3) is 0. The Morgan fingerprint density at radius 1 is 0.743 bits per heavy atom. The first-order valence-corrected chi connectivity index (χ1v) is 11.1. The van der Waals surface area contributed by atoms with Gasteiger partial charge in [0, 0.05) is 40.3 Å². The monoisotopic (exact) mass is 479 g/mol. The molecule has 0 aliphatic heterocycles. The van der Waals surface area contributed by atoms with Gasteiger partial charge in [-0.25, -0.2) is 9.97 Å². The maximum Gasteiger partial charge on any atom is 0.257 e. The van der Waals surface area contributed by atoms with Crippen LogP contribution in [0.5, 0.6) is 0 Å². The number of anilines is 2. The second kappa shape index (κ2) is 9.70. The van der Waals surface area contributed by atoms with Gasteiger partial charge in [0.15, 0.2) is 0 Å². The average Bonchev–Trinajstić information content (AvgIpc) is 2.89. The van der Waals surface area contributed by atoms with Crippen LogP contribution in [0.3, 0.4) is 0 Å². The summed E-state index contributed by atoms with van der Waals surface area (Å²) < 4.78 is 0. The van der Waals surface area contributed by atoms with Crippen LogP contribution in [-0.2, 0) is 0 Å². The van der Waals surface area contributed by atoms with E-state index >= 15 is 0 Å². The summed E-state index contributed by atoms with van der Waals surface area (Å²) in [5, 5.41) is 6.72. The van der Waals surface area contributed by atoms with Crippen LogP contribution in [0.25, 0.3) is 22.2 Å². The van der Waals surface area contributed by atoms with Crippen LogP contribution < -0.4 is 10.6 Å². The topological polar surface area (TPSA) is 96.9 Å². The van der Waals surface area contributed by atoms with Gasteiger partial charge in [-0.05, 0) is 48.5 Å². The average molecular weight is 480 g/mol. The van der Waals surface area contributed by atoms with E-state index in [1.807, 2.05) is 42.5 Å². The molecule has 2 amide bonds. The molecule has 5 rings (SSSR count). The number of halogens is 1. The molecule has 2 aromatic heterocycles. The molecule has 35 heavy (non-hydrogen) atoms. The van der Waals surface area contributed by atoms with Gasteiger partial charge in [0.2, 0.25) is 0 Å².